The van der Waals surface area contributed by atoms with Gasteiger partial charge in [-0.3, -0.25) is 20.4 Å². The van der Waals surface area contributed by atoms with E-state index in [0.29, 0.717) is 30.3 Å². The second kappa shape index (κ2) is 10.7. The van der Waals surface area contributed by atoms with Crippen LogP contribution >= 0.6 is 0 Å². The van der Waals surface area contributed by atoms with Crippen LogP contribution in [0, 0.1) is 5.92 Å². The lowest BCUT2D eigenvalue weighted by molar-refractivity contribution is -0.125. The molecule has 1 saturated heterocycles. The van der Waals surface area contributed by atoms with E-state index in [0.717, 1.165) is 17.7 Å². The molecule has 34 heavy (non-hydrogen) atoms. The second-order valence-corrected chi connectivity index (χ2v) is 8.18. The maximum atomic E-state index is 12.7. The lowest BCUT2D eigenvalue weighted by Gasteiger charge is -2.17. The summed E-state index contributed by atoms with van der Waals surface area (Å²) in [5.41, 5.74) is 9.37. The number of hydrazine groups is 1. The predicted octanol–water partition coefficient (Wildman–Crippen LogP) is 4.33. The predicted molar refractivity (Wildman–Crippen MR) is 132 cm³/mol. The van der Waals surface area contributed by atoms with Crippen molar-refractivity contribution in [2.45, 2.75) is 26.4 Å². The zero-order valence-corrected chi connectivity index (χ0v) is 19.4. The normalized spacial score (nSPS) is 15.2. The lowest BCUT2D eigenvalue weighted by Crippen LogP contribution is -2.36. The van der Waals surface area contributed by atoms with Gasteiger partial charge in [0.05, 0.1) is 18.7 Å². The van der Waals surface area contributed by atoms with Gasteiger partial charge in [0.25, 0.3) is 0 Å². The number of hydrogen-bond donors (Lipinski definition) is 2. The minimum atomic E-state index is -0.429. The Labute approximate surface area is 199 Å². The summed E-state index contributed by atoms with van der Waals surface area (Å²) < 4.78 is 11.3. The highest BCUT2D eigenvalue weighted by atomic mass is 16.5. The number of nitrogens with zero attached hydrogens (tertiary/aromatic N) is 1. The first-order valence-electron chi connectivity index (χ1n) is 11.4. The van der Waals surface area contributed by atoms with Gasteiger partial charge in [-0.05, 0) is 41.8 Å². The Bertz CT molecular complexity index is 1130. The number of ether oxygens (including phenoxy) is 2. The summed E-state index contributed by atoms with van der Waals surface area (Å²) >= 11 is 0. The van der Waals surface area contributed by atoms with Crippen LogP contribution in [0.1, 0.15) is 24.5 Å². The van der Waals surface area contributed by atoms with Gasteiger partial charge >= 0.3 is 0 Å². The number of rotatable bonds is 9. The molecule has 0 aliphatic carbocycles. The average molecular weight is 460 g/mol. The number of hydrogen-bond acceptors (Lipinski definition) is 5. The summed E-state index contributed by atoms with van der Waals surface area (Å²) in [5, 5.41) is 0. The summed E-state index contributed by atoms with van der Waals surface area (Å²) in [6, 6.07) is 23.1. The van der Waals surface area contributed by atoms with Crippen LogP contribution in [0.4, 0.5) is 11.4 Å². The number of nitrogens with one attached hydrogen (secondary N) is 2. The van der Waals surface area contributed by atoms with E-state index >= 15 is 0 Å². The minimum absolute atomic E-state index is 0.0500. The Kier molecular flexibility index (Phi) is 7.32. The van der Waals surface area contributed by atoms with E-state index in [2.05, 4.69) is 17.8 Å². The zero-order valence-electron chi connectivity index (χ0n) is 19.4. The molecule has 2 N–H and O–H groups in total. The maximum absolute atomic E-state index is 12.7. The van der Waals surface area contributed by atoms with E-state index in [1.807, 2.05) is 54.6 Å². The molecule has 0 unspecified atom stereocenters. The van der Waals surface area contributed by atoms with Crippen LogP contribution in [0.25, 0.3) is 0 Å². The van der Waals surface area contributed by atoms with Crippen molar-refractivity contribution in [1.82, 2.24) is 5.43 Å². The van der Waals surface area contributed by atoms with Crippen molar-refractivity contribution in [3.8, 4) is 11.5 Å². The average Bonchev–Trinajstić information content (AvgIpc) is 3.28. The van der Waals surface area contributed by atoms with E-state index in [4.69, 9.17) is 9.47 Å². The van der Waals surface area contributed by atoms with Crippen molar-refractivity contribution < 1.29 is 19.1 Å². The maximum Gasteiger partial charge on any atom is 0.243 e. The topological polar surface area (TPSA) is 79.9 Å². The van der Waals surface area contributed by atoms with Crippen molar-refractivity contribution in [3.05, 3.63) is 83.9 Å². The highest BCUT2D eigenvalue weighted by molar-refractivity contribution is 6.00. The van der Waals surface area contributed by atoms with Crippen LogP contribution < -0.4 is 25.2 Å². The molecule has 7 nitrogen and oxygen atoms in total. The molecule has 1 aliphatic heterocycles. The highest BCUT2D eigenvalue weighted by Gasteiger charge is 2.35. The molecule has 3 aromatic rings. The number of amides is 2. The van der Waals surface area contributed by atoms with E-state index in [1.165, 1.54) is 5.56 Å². The molecule has 1 fully saturated rings. The molecule has 0 aromatic heterocycles. The standard InChI is InChI=1S/C27H29N3O4/c1-3-19-9-12-23(13-10-19)30-17-21(15-26(30)31)27(32)29-28-22-11-14-24(25(16-22)33-2)34-18-20-7-5-4-6-8-20/h4-14,16,21,28H,3,15,17-18H2,1-2H3,(H,29,32)/t21-/m1/s1. The molecule has 176 valence electrons. The van der Waals surface area contributed by atoms with Crippen LogP contribution in [0.3, 0.4) is 0 Å². The van der Waals surface area contributed by atoms with Crippen LogP contribution in [-0.2, 0) is 22.6 Å². The molecule has 1 aliphatic rings. The Balaban J connectivity index is 1.32. The summed E-state index contributed by atoms with van der Waals surface area (Å²) in [7, 11) is 1.57. The Morgan fingerprint density at radius 2 is 1.76 bits per heavy atom. The van der Waals surface area contributed by atoms with Gasteiger partial charge in [0.15, 0.2) is 11.5 Å². The summed E-state index contributed by atoms with van der Waals surface area (Å²) in [6.07, 6.45) is 1.12. The van der Waals surface area contributed by atoms with Crippen LogP contribution in [0.5, 0.6) is 11.5 Å². The van der Waals surface area contributed by atoms with E-state index in [9.17, 15) is 9.59 Å². The fourth-order valence-corrected chi connectivity index (χ4v) is 3.88. The van der Waals surface area contributed by atoms with Crippen LogP contribution in [-0.4, -0.2) is 25.5 Å². The van der Waals surface area contributed by atoms with Gasteiger partial charge in [-0.25, -0.2) is 0 Å². The molecule has 0 radical (unpaired) electrons. The second-order valence-electron chi connectivity index (χ2n) is 8.18. The third-order valence-corrected chi connectivity index (χ3v) is 5.88. The van der Waals surface area contributed by atoms with Crippen LogP contribution in [0.15, 0.2) is 72.8 Å². The first kappa shape index (κ1) is 23.2. The third-order valence-electron chi connectivity index (χ3n) is 5.88. The molecule has 3 aromatic carbocycles. The van der Waals surface area contributed by atoms with E-state index in [1.54, 1.807) is 30.2 Å². The number of carbonyl (C=O) groups is 2. The van der Waals surface area contributed by atoms with Gasteiger partial charge in [-0.15, -0.1) is 0 Å². The fraction of sp³-hybridized carbons (Fsp3) is 0.259. The molecule has 7 heteroatoms. The molecule has 0 bridgehead atoms. The summed E-state index contributed by atoms with van der Waals surface area (Å²) in [4.78, 5) is 26.9. The van der Waals surface area contributed by atoms with Gasteiger partial charge in [0.1, 0.15) is 6.61 Å². The molecule has 2 amide bonds. The van der Waals surface area contributed by atoms with E-state index < -0.39 is 5.92 Å². The number of methoxy groups -OCH3 is 1. The van der Waals surface area contributed by atoms with Gasteiger partial charge < -0.3 is 14.4 Å². The molecule has 0 spiro atoms. The van der Waals surface area contributed by atoms with Gasteiger partial charge in [0, 0.05) is 24.7 Å². The van der Waals surface area contributed by atoms with Gasteiger partial charge in [-0.1, -0.05) is 49.4 Å². The smallest absolute Gasteiger partial charge is 0.243 e. The zero-order chi connectivity index (χ0) is 23.9. The number of carbonyl (C=O) groups excluding carboxylic acids is 2. The SMILES string of the molecule is CCc1ccc(N2C[C@H](C(=O)NNc3ccc(OCc4ccccc4)c(OC)c3)CC2=O)cc1. The van der Waals surface area contributed by atoms with Crippen LogP contribution in [0.2, 0.25) is 0 Å². The minimum Gasteiger partial charge on any atom is -0.493 e. The lowest BCUT2D eigenvalue weighted by atomic mass is 10.1. The molecule has 1 atom stereocenters. The molecule has 0 saturated carbocycles. The number of anilines is 2. The quantitative estimate of drug-likeness (QED) is 0.466. The van der Waals surface area contributed by atoms with E-state index in [-0.39, 0.29) is 18.2 Å². The highest BCUT2D eigenvalue weighted by Crippen LogP contribution is 2.31. The van der Waals surface area contributed by atoms with Crippen molar-refractivity contribution in [1.29, 1.82) is 0 Å². The number of aryl methyl sites for hydroxylation is 1. The molecule has 4 rings (SSSR count). The fourth-order valence-electron chi connectivity index (χ4n) is 3.88. The summed E-state index contributed by atoms with van der Waals surface area (Å²) in [5.74, 6) is 0.443. The largest absolute Gasteiger partial charge is 0.493 e. The van der Waals surface area contributed by atoms with Crippen molar-refractivity contribution in [2.75, 3.05) is 24.0 Å². The molecule has 1 heterocycles. The van der Waals surface area contributed by atoms with Gasteiger partial charge in [-0.2, -0.15) is 0 Å². The Hall–Kier alpha value is -4.00. The van der Waals surface area contributed by atoms with Gasteiger partial charge in [0.2, 0.25) is 11.8 Å². The summed E-state index contributed by atoms with van der Waals surface area (Å²) in [6.45, 7) is 2.87. The third kappa shape index (κ3) is 5.49. The Morgan fingerprint density at radius 1 is 1.00 bits per heavy atom. The number of benzene rings is 3. The molecular formula is C27H29N3O4. The first-order valence-corrected chi connectivity index (χ1v) is 11.4. The van der Waals surface area contributed by atoms with Crippen molar-refractivity contribution >= 4 is 23.2 Å². The monoisotopic (exact) mass is 459 g/mol. The first-order chi connectivity index (χ1) is 16.6. The Morgan fingerprint density at radius 3 is 2.47 bits per heavy atom. The van der Waals surface area contributed by atoms with Crippen molar-refractivity contribution in [2.24, 2.45) is 5.92 Å². The van der Waals surface area contributed by atoms with Crippen molar-refractivity contribution in [3.63, 3.8) is 0 Å². The molecular weight excluding hydrogens is 430 g/mol.